The predicted octanol–water partition coefficient (Wildman–Crippen LogP) is 1.65. The average molecular weight is 378 g/mol. The lowest BCUT2D eigenvalue weighted by Gasteiger charge is -2.24. The van der Waals surface area contributed by atoms with Crippen molar-refractivity contribution >= 4 is 21.6 Å². The number of amides is 1. The summed E-state index contributed by atoms with van der Waals surface area (Å²) in [5.74, 6) is 0.174. The number of carbonyl (C=O) groups excluding carboxylic acids is 1. The Hall–Kier alpha value is -2.58. The Bertz CT molecular complexity index is 807. The quantitative estimate of drug-likeness (QED) is 0.671. The number of hydrogen-bond acceptors (Lipinski definition) is 5. The van der Waals surface area contributed by atoms with Gasteiger partial charge in [-0.15, -0.1) is 0 Å². The maximum Gasteiger partial charge on any atom is 0.264 e. The summed E-state index contributed by atoms with van der Waals surface area (Å²) in [6.07, 6.45) is 0. The number of rotatable bonds is 9. The van der Waals surface area contributed by atoms with Crippen LogP contribution in [-0.4, -0.2) is 48.2 Å². The molecule has 0 heterocycles. The summed E-state index contributed by atoms with van der Waals surface area (Å²) in [4.78, 5) is 12.3. The Morgan fingerprint density at radius 3 is 2.27 bits per heavy atom. The zero-order valence-corrected chi connectivity index (χ0v) is 15.5. The van der Waals surface area contributed by atoms with Crippen LogP contribution in [0.1, 0.15) is 0 Å². The third-order valence-corrected chi connectivity index (χ3v) is 5.40. The third kappa shape index (κ3) is 4.96. The summed E-state index contributed by atoms with van der Waals surface area (Å²) in [6, 6.07) is 14.5. The first kappa shape index (κ1) is 19.7. The molecule has 26 heavy (non-hydrogen) atoms. The van der Waals surface area contributed by atoms with E-state index >= 15 is 0 Å². The molecule has 0 saturated heterocycles. The molecule has 0 fully saturated rings. The van der Waals surface area contributed by atoms with Gasteiger partial charge in [0.2, 0.25) is 5.91 Å². The average Bonchev–Trinajstić information content (AvgIpc) is 2.67. The van der Waals surface area contributed by atoms with Gasteiger partial charge >= 0.3 is 0 Å². The van der Waals surface area contributed by atoms with Crippen molar-refractivity contribution in [2.24, 2.45) is 0 Å². The summed E-state index contributed by atoms with van der Waals surface area (Å²) in [7, 11) is -0.851. The first-order valence-corrected chi connectivity index (χ1v) is 9.40. The smallest absolute Gasteiger partial charge is 0.264 e. The minimum Gasteiger partial charge on any atom is -0.497 e. The van der Waals surface area contributed by atoms with E-state index in [4.69, 9.17) is 9.47 Å². The molecule has 2 aromatic rings. The van der Waals surface area contributed by atoms with Gasteiger partial charge in [0.25, 0.3) is 10.0 Å². The van der Waals surface area contributed by atoms with Crippen molar-refractivity contribution in [2.75, 3.05) is 38.2 Å². The lowest BCUT2D eigenvalue weighted by atomic mass is 10.3. The lowest BCUT2D eigenvalue weighted by Crippen LogP contribution is -2.41. The number of nitrogens with zero attached hydrogens (tertiary/aromatic N) is 1. The molecule has 1 N–H and O–H groups in total. The van der Waals surface area contributed by atoms with Gasteiger partial charge in [0.1, 0.15) is 12.3 Å². The molecule has 0 unspecified atom stereocenters. The van der Waals surface area contributed by atoms with Gasteiger partial charge < -0.3 is 14.8 Å². The van der Waals surface area contributed by atoms with Crippen LogP contribution in [0.2, 0.25) is 0 Å². The fourth-order valence-electron chi connectivity index (χ4n) is 2.26. The molecule has 0 bridgehead atoms. The van der Waals surface area contributed by atoms with Crippen LogP contribution >= 0.6 is 0 Å². The molecule has 0 spiro atoms. The Morgan fingerprint density at radius 2 is 1.69 bits per heavy atom. The lowest BCUT2D eigenvalue weighted by molar-refractivity contribution is -0.119. The SMILES string of the molecule is COCCNC(=O)CN(c1ccc(OC)cc1)S(=O)(=O)c1ccccc1. The molecule has 0 aliphatic rings. The van der Waals surface area contributed by atoms with Crippen LogP contribution in [0, 0.1) is 0 Å². The summed E-state index contributed by atoms with van der Waals surface area (Å²) >= 11 is 0. The first-order chi connectivity index (χ1) is 12.5. The Balaban J connectivity index is 2.33. The van der Waals surface area contributed by atoms with Crippen molar-refractivity contribution < 1.29 is 22.7 Å². The molecule has 0 radical (unpaired) electrons. The van der Waals surface area contributed by atoms with Crippen LogP contribution in [0.25, 0.3) is 0 Å². The second kappa shape index (κ2) is 9.21. The minimum absolute atomic E-state index is 0.112. The molecule has 8 heteroatoms. The van der Waals surface area contributed by atoms with E-state index in [-0.39, 0.29) is 11.4 Å². The second-order valence-electron chi connectivity index (χ2n) is 5.37. The van der Waals surface area contributed by atoms with Gasteiger partial charge in [-0.2, -0.15) is 0 Å². The maximum atomic E-state index is 13.0. The molecule has 0 aliphatic carbocycles. The predicted molar refractivity (Wildman–Crippen MR) is 98.9 cm³/mol. The largest absolute Gasteiger partial charge is 0.497 e. The van der Waals surface area contributed by atoms with E-state index in [0.29, 0.717) is 24.6 Å². The molecule has 2 aromatic carbocycles. The van der Waals surface area contributed by atoms with E-state index in [2.05, 4.69) is 5.32 Å². The van der Waals surface area contributed by atoms with Crippen molar-refractivity contribution in [3.8, 4) is 5.75 Å². The molecule has 0 aliphatic heterocycles. The molecule has 0 saturated carbocycles. The van der Waals surface area contributed by atoms with Crippen LogP contribution in [0.15, 0.2) is 59.5 Å². The van der Waals surface area contributed by atoms with Gasteiger partial charge in [-0.25, -0.2) is 8.42 Å². The van der Waals surface area contributed by atoms with Gasteiger partial charge in [-0.3, -0.25) is 9.10 Å². The maximum absolute atomic E-state index is 13.0. The highest BCUT2D eigenvalue weighted by atomic mass is 32.2. The molecular weight excluding hydrogens is 356 g/mol. The Kier molecular flexibility index (Phi) is 6.99. The van der Waals surface area contributed by atoms with E-state index in [1.165, 1.54) is 26.4 Å². The van der Waals surface area contributed by atoms with Gasteiger partial charge in [0, 0.05) is 13.7 Å². The van der Waals surface area contributed by atoms with Crippen LogP contribution in [-0.2, 0) is 19.6 Å². The highest BCUT2D eigenvalue weighted by Gasteiger charge is 2.27. The Labute approximate surface area is 153 Å². The standard InChI is InChI=1S/C18H22N2O5S/c1-24-13-12-19-18(21)14-20(15-8-10-16(25-2)11-9-15)26(22,23)17-6-4-3-5-7-17/h3-11H,12-14H2,1-2H3,(H,19,21). The number of carbonyl (C=O) groups is 1. The number of methoxy groups -OCH3 is 2. The van der Waals surface area contributed by atoms with Crippen molar-refractivity contribution in [3.05, 3.63) is 54.6 Å². The third-order valence-electron chi connectivity index (χ3n) is 3.61. The summed E-state index contributed by atoms with van der Waals surface area (Å²) < 4.78 is 37.1. The summed E-state index contributed by atoms with van der Waals surface area (Å²) in [6.45, 7) is 0.310. The topological polar surface area (TPSA) is 84.9 Å². The normalized spacial score (nSPS) is 11.0. The Morgan fingerprint density at radius 1 is 1.04 bits per heavy atom. The first-order valence-electron chi connectivity index (χ1n) is 7.96. The van der Waals surface area contributed by atoms with E-state index in [1.54, 1.807) is 42.5 Å². The number of ether oxygens (including phenoxy) is 2. The summed E-state index contributed by atoms with van der Waals surface area (Å²) in [5.41, 5.74) is 0.372. The van der Waals surface area contributed by atoms with Crippen LogP contribution in [0.3, 0.4) is 0 Å². The van der Waals surface area contributed by atoms with Gasteiger partial charge in [-0.05, 0) is 36.4 Å². The van der Waals surface area contributed by atoms with Crippen molar-refractivity contribution in [2.45, 2.75) is 4.90 Å². The number of hydrogen-bond donors (Lipinski definition) is 1. The number of nitrogens with one attached hydrogen (secondary N) is 1. The van der Waals surface area contributed by atoms with Crippen LogP contribution in [0.4, 0.5) is 5.69 Å². The molecule has 1 amide bonds. The van der Waals surface area contributed by atoms with Crippen molar-refractivity contribution in [1.29, 1.82) is 0 Å². The monoisotopic (exact) mass is 378 g/mol. The van der Waals surface area contributed by atoms with E-state index in [1.807, 2.05) is 0 Å². The molecule has 0 aromatic heterocycles. The van der Waals surface area contributed by atoms with E-state index in [9.17, 15) is 13.2 Å². The van der Waals surface area contributed by atoms with E-state index in [0.717, 1.165) is 4.31 Å². The van der Waals surface area contributed by atoms with Crippen LogP contribution < -0.4 is 14.4 Å². The summed E-state index contributed by atoms with van der Waals surface area (Å²) in [5, 5.41) is 2.64. The van der Waals surface area contributed by atoms with Crippen LogP contribution in [0.5, 0.6) is 5.75 Å². The zero-order chi connectivity index (χ0) is 19.0. The van der Waals surface area contributed by atoms with E-state index < -0.39 is 15.9 Å². The fourth-order valence-corrected chi connectivity index (χ4v) is 3.70. The number of anilines is 1. The second-order valence-corrected chi connectivity index (χ2v) is 7.23. The van der Waals surface area contributed by atoms with Gasteiger partial charge in [-0.1, -0.05) is 18.2 Å². The highest BCUT2D eigenvalue weighted by molar-refractivity contribution is 7.92. The van der Waals surface area contributed by atoms with Gasteiger partial charge in [0.15, 0.2) is 0 Å². The highest BCUT2D eigenvalue weighted by Crippen LogP contribution is 2.25. The minimum atomic E-state index is -3.90. The fraction of sp³-hybridized carbons (Fsp3) is 0.278. The molecular formula is C18H22N2O5S. The zero-order valence-electron chi connectivity index (χ0n) is 14.7. The van der Waals surface area contributed by atoms with Gasteiger partial charge in [0.05, 0.1) is 24.3 Å². The molecule has 7 nitrogen and oxygen atoms in total. The molecule has 140 valence electrons. The number of benzene rings is 2. The molecule has 2 rings (SSSR count). The van der Waals surface area contributed by atoms with Crippen molar-refractivity contribution in [1.82, 2.24) is 5.32 Å². The molecule has 0 atom stereocenters. The van der Waals surface area contributed by atoms with Crippen molar-refractivity contribution in [3.63, 3.8) is 0 Å². The number of sulfonamides is 1.